The number of nitrogens with zero attached hydrogens (tertiary/aromatic N) is 2. The minimum absolute atomic E-state index is 0.0364. The number of amides is 1. The lowest BCUT2D eigenvalue weighted by molar-refractivity contribution is -0.148. The van der Waals surface area contributed by atoms with E-state index in [0.29, 0.717) is 19.0 Å². The fraction of sp³-hybridized carbons (Fsp3) is 0.419. The van der Waals surface area contributed by atoms with Crippen LogP contribution in [-0.2, 0) is 9.53 Å². The molecule has 0 N–H and O–H groups in total. The van der Waals surface area contributed by atoms with E-state index in [9.17, 15) is 14.0 Å². The molecule has 0 radical (unpaired) electrons. The first kappa shape index (κ1) is 25.4. The van der Waals surface area contributed by atoms with Crippen LogP contribution in [-0.4, -0.2) is 60.5 Å². The maximum atomic E-state index is 13.7. The van der Waals surface area contributed by atoms with Gasteiger partial charge in [-0.3, -0.25) is 9.59 Å². The SMILES string of the molecule is CC(=O)OC(C)C1CN(C(=O)c2cccc3ccccc23)CC1CN1CCC(c2ccc(F)cc2)CC1. The third-order valence-corrected chi connectivity index (χ3v) is 8.18. The largest absolute Gasteiger partial charge is 0.462 e. The highest BCUT2D eigenvalue weighted by atomic mass is 19.1. The van der Waals surface area contributed by atoms with Gasteiger partial charge in [-0.25, -0.2) is 4.39 Å². The van der Waals surface area contributed by atoms with Gasteiger partial charge in [0.1, 0.15) is 11.9 Å². The zero-order valence-corrected chi connectivity index (χ0v) is 21.6. The highest BCUT2D eigenvalue weighted by Gasteiger charge is 2.41. The van der Waals surface area contributed by atoms with Gasteiger partial charge < -0.3 is 14.5 Å². The maximum absolute atomic E-state index is 13.7. The lowest BCUT2D eigenvalue weighted by Crippen LogP contribution is -2.40. The van der Waals surface area contributed by atoms with Gasteiger partial charge in [0, 0.05) is 38.0 Å². The Labute approximate surface area is 218 Å². The maximum Gasteiger partial charge on any atom is 0.302 e. The second-order valence-electron chi connectivity index (χ2n) is 10.6. The summed E-state index contributed by atoms with van der Waals surface area (Å²) < 4.78 is 18.9. The Morgan fingerprint density at radius 3 is 2.41 bits per heavy atom. The van der Waals surface area contributed by atoms with E-state index >= 15 is 0 Å². The zero-order valence-electron chi connectivity index (χ0n) is 21.6. The monoisotopic (exact) mass is 502 g/mol. The molecule has 6 heteroatoms. The van der Waals surface area contributed by atoms with Crippen molar-refractivity contribution < 1.29 is 18.7 Å². The summed E-state index contributed by atoms with van der Waals surface area (Å²) >= 11 is 0. The lowest BCUT2D eigenvalue weighted by atomic mass is 9.87. The molecule has 5 rings (SSSR count). The Bertz CT molecular complexity index is 1250. The molecule has 0 bridgehead atoms. The average Bonchev–Trinajstić information content (AvgIpc) is 3.32. The summed E-state index contributed by atoms with van der Waals surface area (Å²) in [5, 5.41) is 2.02. The van der Waals surface area contributed by atoms with E-state index in [2.05, 4.69) is 4.90 Å². The lowest BCUT2D eigenvalue weighted by Gasteiger charge is -2.35. The summed E-state index contributed by atoms with van der Waals surface area (Å²) in [5.74, 6) is 0.298. The van der Waals surface area contributed by atoms with Crippen molar-refractivity contribution in [3.63, 3.8) is 0 Å². The number of hydrogen-bond acceptors (Lipinski definition) is 4. The van der Waals surface area contributed by atoms with E-state index in [1.807, 2.05) is 66.4 Å². The minimum atomic E-state index is -0.287. The molecule has 194 valence electrons. The van der Waals surface area contributed by atoms with Gasteiger partial charge in [-0.1, -0.05) is 48.5 Å². The van der Waals surface area contributed by atoms with Crippen LogP contribution in [0.1, 0.15) is 48.5 Å². The average molecular weight is 503 g/mol. The van der Waals surface area contributed by atoms with Crippen molar-refractivity contribution >= 4 is 22.6 Å². The Kier molecular flexibility index (Phi) is 7.56. The fourth-order valence-corrected chi connectivity index (χ4v) is 6.23. The number of halogens is 1. The van der Waals surface area contributed by atoms with Crippen molar-refractivity contribution in [3.05, 3.63) is 83.7 Å². The number of carbonyl (C=O) groups is 2. The Morgan fingerprint density at radius 1 is 0.973 bits per heavy atom. The van der Waals surface area contributed by atoms with Crippen LogP contribution >= 0.6 is 0 Å². The molecule has 1 amide bonds. The van der Waals surface area contributed by atoms with Crippen molar-refractivity contribution in [3.8, 4) is 0 Å². The van der Waals surface area contributed by atoms with E-state index < -0.39 is 0 Å². The van der Waals surface area contributed by atoms with Gasteiger partial charge in [0.25, 0.3) is 5.91 Å². The summed E-state index contributed by atoms with van der Waals surface area (Å²) in [6, 6.07) is 20.7. The first-order valence-electron chi connectivity index (χ1n) is 13.3. The molecule has 3 unspecified atom stereocenters. The number of ether oxygens (including phenoxy) is 1. The molecule has 2 heterocycles. The highest BCUT2D eigenvalue weighted by molar-refractivity contribution is 6.07. The first-order valence-corrected chi connectivity index (χ1v) is 13.3. The highest BCUT2D eigenvalue weighted by Crippen LogP contribution is 2.34. The molecule has 2 fully saturated rings. The van der Waals surface area contributed by atoms with Gasteiger partial charge in [-0.05, 0) is 79.2 Å². The predicted octanol–water partition coefficient (Wildman–Crippen LogP) is 5.50. The molecule has 0 spiro atoms. The summed E-state index contributed by atoms with van der Waals surface area (Å²) in [6.07, 6.45) is 1.80. The number of hydrogen-bond donors (Lipinski definition) is 0. The number of piperidine rings is 1. The van der Waals surface area contributed by atoms with Gasteiger partial charge in [0.05, 0.1) is 0 Å². The van der Waals surface area contributed by atoms with Crippen molar-refractivity contribution in [1.82, 2.24) is 9.80 Å². The van der Waals surface area contributed by atoms with E-state index in [0.717, 1.165) is 48.8 Å². The van der Waals surface area contributed by atoms with Crippen LogP contribution in [0, 0.1) is 17.7 Å². The Balaban J connectivity index is 1.29. The molecule has 3 aromatic carbocycles. The smallest absolute Gasteiger partial charge is 0.302 e. The standard InChI is InChI=1S/C31H35FN2O3/c1-21(37-22(2)35)30-20-34(31(36)29-9-5-7-25-6-3-4-8-28(25)29)19-26(30)18-33-16-14-24(15-17-33)23-10-12-27(32)13-11-23/h3-13,21,24,26,30H,14-20H2,1-2H3. The molecule has 3 atom stereocenters. The number of fused-ring (bicyclic) bond motifs is 1. The normalized spacial score (nSPS) is 21.8. The molecule has 2 aliphatic heterocycles. The molecule has 2 aliphatic rings. The van der Waals surface area contributed by atoms with E-state index in [1.165, 1.54) is 12.5 Å². The molecular formula is C31H35FN2O3. The predicted molar refractivity (Wildman–Crippen MR) is 143 cm³/mol. The molecular weight excluding hydrogens is 467 g/mol. The molecule has 0 aromatic heterocycles. The second kappa shape index (κ2) is 11.0. The Morgan fingerprint density at radius 2 is 1.68 bits per heavy atom. The summed E-state index contributed by atoms with van der Waals surface area (Å²) in [4.78, 5) is 29.9. The van der Waals surface area contributed by atoms with Crippen molar-refractivity contribution in [2.45, 2.75) is 38.7 Å². The van der Waals surface area contributed by atoms with Crippen molar-refractivity contribution in [2.75, 3.05) is 32.7 Å². The van der Waals surface area contributed by atoms with Gasteiger partial charge in [0.15, 0.2) is 0 Å². The minimum Gasteiger partial charge on any atom is -0.462 e. The van der Waals surface area contributed by atoms with Crippen molar-refractivity contribution in [1.29, 1.82) is 0 Å². The van der Waals surface area contributed by atoms with Crippen LogP contribution in [0.5, 0.6) is 0 Å². The van der Waals surface area contributed by atoms with Gasteiger partial charge in [-0.15, -0.1) is 0 Å². The van der Waals surface area contributed by atoms with Crippen LogP contribution in [0.3, 0.4) is 0 Å². The molecule has 2 saturated heterocycles. The number of rotatable bonds is 6. The summed E-state index contributed by atoms with van der Waals surface area (Å²) in [7, 11) is 0. The topological polar surface area (TPSA) is 49.9 Å². The number of esters is 1. The van der Waals surface area contributed by atoms with E-state index in [-0.39, 0.29) is 35.6 Å². The van der Waals surface area contributed by atoms with Gasteiger partial charge in [0.2, 0.25) is 0 Å². The molecule has 37 heavy (non-hydrogen) atoms. The summed E-state index contributed by atoms with van der Waals surface area (Å²) in [5.41, 5.74) is 1.92. The molecule has 0 saturated carbocycles. The van der Waals surface area contributed by atoms with Gasteiger partial charge >= 0.3 is 5.97 Å². The van der Waals surface area contributed by atoms with Crippen LogP contribution in [0.2, 0.25) is 0 Å². The zero-order chi connectivity index (χ0) is 25.9. The molecule has 3 aromatic rings. The number of carbonyl (C=O) groups excluding carboxylic acids is 2. The summed E-state index contributed by atoms with van der Waals surface area (Å²) in [6.45, 7) is 7.41. The first-order chi connectivity index (χ1) is 17.9. The third-order valence-electron chi connectivity index (χ3n) is 8.18. The Hall–Kier alpha value is -3.25. The van der Waals surface area contributed by atoms with E-state index in [4.69, 9.17) is 4.74 Å². The van der Waals surface area contributed by atoms with Crippen LogP contribution < -0.4 is 0 Å². The quantitative estimate of drug-likeness (QED) is 0.418. The number of benzene rings is 3. The fourth-order valence-electron chi connectivity index (χ4n) is 6.23. The van der Waals surface area contributed by atoms with Crippen LogP contribution in [0.4, 0.5) is 4.39 Å². The molecule has 0 aliphatic carbocycles. The van der Waals surface area contributed by atoms with Crippen molar-refractivity contribution in [2.24, 2.45) is 11.8 Å². The number of likely N-dealkylation sites (tertiary alicyclic amines) is 2. The van der Waals surface area contributed by atoms with E-state index in [1.54, 1.807) is 12.1 Å². The second-order valence-corrected chi connectivity index (χ2v) is 10.6. The van der Waals surface area contributed by atoms with Crippen LogP contribution in [0.15, 0.2) is 66.7 Å². The molecule has 5 nitrogen and oxygen atoms in total. The third kappa shape index (κ3) is 5.69. The van der Waals surface area contributed by atoms with Crippen LogP contribution in [0.25, 0.3) is 10.8 Å². The van der Waals surface area contributed by atoms with Gasteiger partial charge in [-0.2, -0.15) is 0 Å².